The van der Waals surface area contributed by atoms with Crippen molar-refractivity contribution in [1.82, 2.24) is 9.55 Å². The zero-order valence-electron chi connectivity index (χ0n) is 14.7. The Morgan fingerprint density at radius 3 is 2.67 bits per heavy atom. The average Bonchev–Trinajstić information content (AvgIpc) is 3.45. The van der Waals surface area contributed by atoms with E-state index in [1.807, 2.05) is 24.3 Å². The lowest BCUT2D eigenvalue weighted by molar-refractivity contribution is 0.208. The minimum absolute atomic E-state index is 0.277. The topological polar surface area (TPSA) is 67.2 Å². The molecule has 0 unspecified atom stereocenters. The van der Waals surface area contributed by atoms with Crippen LogP contribution in [0.5, 0.6) is 0 Å². The highest BCUT2D eigenvalue weighted by Gasteiger charge is 2.27. The Bertz CT molecular complexity index is 1070. The van der Waals surface area contributed by atoms with Crippen LogP contribution in [-0.2, 0) is 0 Å². The third-order valence-corrected chi connectivity index (χ3v) is 5.33. The predicted octanol–water partition coefficient (Wildman–Crippen LogP) is 4.36. The lowest BCUT2D eigenvalue weighted by atomic mass is 10.1. The predicted molar refractivity (Wildman–Crippen MR) is 110 cm³/mol. The van der Waals surface area contributed by atoms with E-state index in [4.69, 9.17) is 23.2 Å². The van der Waals surface area contributed by atoms with E-state index in [2.05, 4.69) is 10.3 Å². The summed E-state index contributed by atoms with van der Waals surface area (Å²) in [7, 11) is 0. The largest absolute Gasteiger partial charge is 0.392 e. The van der Waals surface area contributed by atoms with Gasteiger partial charge in [-0.2, -0.15) is 4.98 Å². The third-order valence-electron chi connectivity index (χ3n) is 4.69. The summed E-state index contributed by atoms with van der Waals surface area (Å²) in [6, 6.07) is 11.0. The van der Waals surface area contributed by atoms with Gasteiger partial charge in [0.1, 0.15) is 5.82 Å². The number of fused-ring (bicyclic) bond motifs is 1. The number of aromatic nitrogens is 2. The third kappa shape index (κ3) is 3.55. The van der Waals surface area contributed by atoms with E-state index in [1.54, 1.807) is 19.1 Å². The molecule has 0 radical (unpaired) electrons. The second-order valence-electron chi connectivity index (χ2n) is 6.92. The first kappa shape index (κ1) is 18.3. The SMILES string of the molecule is C[C@@H](O)CNc1nc(=O)n(-c2ccccc2Cl)c2cc(C3CC3)c(Cl)cc12. The highest BCUT2D eigenvalue weighted by Crippen LogP contribution is 2.45. The molecular formula is C20H19Cl2N3O2. The van der Waals surface area contributed by atoms with Crippen molar-refractivity contribution in [3.8, 4) is 5.69 Å². The molecule has 0 bridgehead atoms. The maximum Gasteiger partial charge on any atom is 0.354 e. The first-order chi connectivity index (χ1) is 13.0. The minimum atomic E-state index is -0.575. The van der Waals surface area contributed by atoms with Gasteiger partial charge in [0, 0.05) is 17.0 Å². The molecule has 1 aromatic heterocycles. The lowest BCUT2D eigenvalue weighted by Gasteiger charge is -2.17. The van der Waals surface area contributed by atoms with Crippen LogP contribution in [0.1, 0.15) is 31.2 Å². The molecular weight excluding hydrogens is 385 g/mol. The minimum Gasteiger partial charge on any atom is -0.392 e. The Balaban J connectivity index is 2.01. The number of hydrogen-bond donors (Lipinski definition) is 2. The van der Waals surface area contributed by atoms with Crippen LogP contribution in [0.4, 0.5) is 5.82 Å². The molecule has 0 amide bonds. The molecule has 2 N–H and O–H groups in total. The fraction of sp³-hybridized carbons (Fsp3) is 0.300. The van der Waals surface area contributed by atoms with Gasteiger partial charge in [-0.25, -0.2) is 4.79 Å². The summed E-state index contributed by atoms with van der Waals surface area (Å²) >= 11 is 12.9. The summed E-state index contributed by atoms with van der Waals surface area (Å²) in [4.78, 5) is 17.1. The van der Waals surface area contributed by atoms with Gasteiger partial charge in [-0.15, -0.1) is 0 Å². The Hall–Kier alpha value is -2.08. The molecule has 3 aromatic rings. The van der Waals surface area contributed by atoms with Crippen LogP contribution in [0.3, 0.4) is 0 Å². The molecule has 7 heteroatoms. The quantitative estimate of drug-likeness (QED) is 0.663. The Morgan fingerprint density at radius 2 is 2.00 bits per heavy atom. The monoisotopic (exact) mass is 403 g/mol. The Labute approximate surface area is 166 Å². The number of aliphatic hydroxyl groups excluding tert-OH is 1. The summed E-state index contributed by atoms with van der Waals surface area (Å²) in [5, 5.41) is 14.5. The van der Waals surface area contributed by atoms with E-state index in [0.29, 0.717) is 38.4 Å². The molecule has 2 aromatic carbocycles. The van der Waals surface area contributed by atoms with E-state index >= 15 is 0 Å². The van der Waals surface area contributed by atoms with Crippen molar-refractivity contribution in [2.75, 3.05) is 11.9 Å². The Kier molecular flexibility index (Phi) is 4.84. The number of benzene rings is 2. The van der Waals surface area contributed by atoms with Gasteiger partial charge in [0.05, 0.1) is 22.3 Å². The highest BCUT2D eigenvalue weighted by molar-refractivity contribution is 6.33. The van der Waals surface area contributed by atoms with Crippen molar-refractivity contribution >= 4 is 39.9 Å². The molecule has 1 heterocycles. The van der Waals surface area contributed by atoms with E-state index < -0.39 is 11.8 Å². The molecule has 0 saturated heterocycles. The first-order valence-electron chi connectivity index (χ1n) is 8.88. The first-order valence-corrected chi connectivity index (χ1v) is 9.64. The molecule has 140 valence electrons. The summed E-state index contributed by atoms with van der Waals surface area (Å²) in [6.07, 6.45) is 1.62. The van der Waals surface area contributed by atoms with Crippen LogP contribution >= 0.6 is 23.2 Å². The van der Waals surface area contributed by atoms with E-state index in [9.17, 15) is 9.90 Å². The second kappa shape index (κ2) is 7.15. The summed E-state index contributed by atoms with van der Waals surface area (Å²) in [6.45, 7) is 1.94. The van der Waals surface area contributed by atoms with Gasteiger partial charge in [-0.3, -0.25) is 4.57 Å². The van der Waals surface area contributed by atoms with Gasteiger partial charge in [0.15, 0.2) is 0 Å². The molecule has 0 aliphatic heterocycles. The number of hydrogen-bond acceptors (Lipinski definition) is 4. The molecule has 1 atom stereocenters. The van der Waals surface area contributed by atoms with Crippen molar-refractivity contribution in [1.29, 1.82) is 0 Å². The van der Waals surface area contributed by atoms with Crippen LogP contribution in [-0.4, -0.2) is 27.3 Å². The molecule has 4 rings (SSSR count). The zero-order chi connectivity index (χ0) is 19.1. The number of aliphatic hydroxyl groups is 1. The molecule has 1 aliphatic carbocycles. The fourth-order valence-electron chi connectivity index (χ4n) is 3.21. The van der Waals surface area contributed by atoms with Gasteiger partial charge in [0.2, 0.25) is 0 Å². The maximum absolute atomic E-state index is 12.9. The van der Waals surface area contributed by atoms with Crippen LogP contribution in [0.15, 0.2) is 41.2 Å². The van der Waals surface area contributed by atoms with E-state index in [0.717, 1.165) is 18.4 Å². The van der Waals surface area contributed by atoms with Gasteiger partial charge < -0.3 is 10.4 Å². The number of rotatable bonds is 5. The van der Waals surface area contributed by atoms with E-state index in [-0.39, 0.29) is 6.54 Å². The van der Waals surface area contributed by atoms with Crippen LogP contribution in [0.2, 0.25) is 10.0 Å². The lowest BCUT2D eigenvalue weighted by Crippen LogP contribution is -2.25. The maximum atomic E-state index is 12.9. The molecule has 5 nitrogen and oxygen atoms in total. The zero-order valence-corrected chi connectivity index (χ0v) is 16.3. The second-order valence-corrected chi connectivity index (χ2v) is 7.74. The number of anilines is 1. The average molecular weight is 404 g/mol. The van der Waals surface area contributed by atoms with Gasteiger partial charge in [-0.05, 0) is 55.5 Å². The van der Waals surface area contributed by atoms with Gasteiger partial charge in [-0.1, -0.05) is 35.3 Å². The van der Waals surface area contributed by atoms with Crippen molar-refractivity contribution in [3.63, 3.8) is 0 Å². The van der Waals surface area contributed by atoms with Crippen molar-refractivity contribution < 1.29 is 5.11 Å². The summed E-state index contributed by atoms with van der Waals surface area (Å²) in [5.74, 6) is 0.835. The molecule has 1 fully saturated rings. The smallest absolute Gasteiger partial charge is 0.354 e. The fourth-order valence-corrected chi connectivity index (χ4v) is 3.75. The molecule has 1 aliphatic rings. The molecule has 0 spiro atoms. The number of nitrogens with zero attached hydrogens (tertiary/aromatic N) is 2. The molecule has 1 saturated carbocycles. The van der Waals surface area contributed by atoms with Crippen LogP contribution in [0.25, 0.3) is 16.6 Å². The van der Waals surface area contributed by atoms with Crippen LogP contribution in [0, 0.1) is 0 Å². The normalized spacial score (nSPS) is 15.1. The Morgan fingerprint density at radius 1 is 1.26 bits per heavy atom. The standard InChI is InChI=1S/C20H19Cl2N3O2/c1-11(26)10-23-19-14-8-16(22)13(12-6-7-12)9-18(14)25(20(27)24-19)17-5-3-2-4-15(17)21/h2-5,8-9,11-12,26H,6-7,10H2,1H3,(H,23,24,27)/t11-/m1/s1. The number of halogens is 2. The molecule has 27 heavy (non-hydrogen) atoms. The highest BCUT2D eigenvalue weighted by atomic mass is 35.5. The van der Waals surface area contributed by atoms with Gasteiger partial charge >= 0.3 is 5.69 Å². The van der Waals surface area contributed by atoms with Crippen LogP contribution < -0.4 is 11.0 Å². The number of para-hydroxylation sites is 1. The van der Waals surface area contributed by atoms with E-state index in [1.165, 1.54) is 4.57 Å². The van der Waals surface area contributed by atoms with Crippen molar-refractivity contribution in [3.05, 3.63) is 62.5 Å². The summed E-state index contributed by atoms with van der Waals surface area (Å²) in [5.41, 5.74) is 1.88. The van der Waals surface area contributed by atoms with Crippen molar-refractivity contribution in [2.45, 2.75) is 31.8 Å². The number of nitrogens with one attached hydrogen (secondary N) is 1. The van der Waals surface area contributed by atoms with Gasteiger partial charge in [0.25, 0.3) is 0 Å². The summed E-state index contributed by atoms with van der Waals surface area (Å²) < 4.78 is 1.52. The van der Waals surface area contributed by atoms with Crippen molar-refractivity contribution in [2.24, 2.45) is 0 Å².